The molecule has 1 atom stereocenters. The molecule has 1 aliphatic carbocycles. The van der Waals surface area contributed by atoms with Crippen LogP contribution in [0.25, 0.3) is 0 Å². The topological polar surface area (TPSA) is 101 Å². The minimum Gasteiger partial charge on any atom is -0.465 e. The average molecular weight is 418 g/mol. The van der Waals surface area contributed by atoms with E-state index in [0.717, 1.165) is 25.7 Å². The Balaban J connectivity index is 2.11. The maximum Gasteiger partial charge on any atom is 0.337 e. The number of hydrogen-bond acceptors (Lipinski definition) is 6. The van der Waals surface area contributed by atoms with Crippen LogP contribution < -0.4 is 14.8 Å². The van der Waals surface area contributed by atoms with Gasteiger partial charge in [0.25, 0.3) is 0 Å². The third kappa shape index (κ3) is 5.48. The van der Waals surface area contributed by atoms with Gasteiger partial charge in [-0.05, 0) is 43.5 Å². The summed E-state index contributed by atoms with van der Waals surface area (Å²) in [6.45, 7) is 2.73. The molecule has 8 heteroatoms. The summed E-state index contributed by atoms with van der Waals surface area (Å²) in [4.78, 5) is 12.3. The molecular formula is C21H27N3O4S. The summed E-state index contributed by atoms with van der Waals surface area (Å²) in [6.07, 6.45) is 3.66. The van der Waals surface area contributed by atoms with E-state index in [0.29, 0.717) is 18.0 Å². The summed E-state index contributed by atoms with van der Waals surface area (Å²) in [5, 5.41) is 3.27. The molecule has 3 rings (SSSR count). The molecule has 0 aliphatic heterocycles. The van der Waals surface area contributed by atoms with E-state index in [1.54, 1.807) is 18.2 Å². The highest BCUT2D eigenvalue weighted by Crippen LogP contribution is 2.38. The molecule has 1 unspecified atom stereocenters. The molecule has 0 saturated heterocycles. The van der Waals surface area contributed by atoms with E-state index in [4.69, 9.17) is 14.3 Å². The molecule has 2 aromatic carbocycles. The van der Waals surface area contributed by atoms with Crippen molar-refractivity contribution in [3.8, 4) is 11.5 Å². The van der Waals surface area contributed by atoms with Gasteiger partial charge >= 0.3 is 5.97 Å². The first-order valence-electron chi connectivity index (χ1n) is 9.74. The molecule has 7 nitrogen and oxygen atoms in total. The molecule has 0 spiro atoms. The zero-order valence-electron chi connectivity index (χ0n) is 16.7. The summed E-state index contributed by atoms with van der Waals surface area (Å²) in [6, 6.07) is 12.2. The van der Waals surface area contributed by atoms with Crippen LogP contribution in [-0.4, -0.2) is 29.9 Å². The minimum atomic E-state index is -3.39. The lowest BCUT2D eigenvalue weighted by molar-refractivity contribution is 0.0600. The molecule has 0 heterocycles. The van der Waals surface area contributed by atoms with Crippen LogP contribution in [-0.2, 0) is 14.7 Å². The third-order valence-electron chi connectivity index (χ3n) is 4.50. The summed E-state index contributed by atoms with van der Waals surface area (Å²) in [7, 11) is -2.10. The first kappa shape index (κ1) is 21.1. The van der Waals surface area contributed by atoms with Crippen LogP contribution in [0.15, 0.2) is 47.4 Å². The maximum absolute atomic E-state index is 13.3. The molecule has 1 fully saturated rings. The molecule has 1 aliphatic rings. The van der Waals surface area contributed by atoms with E-state index >= 15 is 0 Å². The monoisotopic (exact) mass is 417 g/mol. The van der Waals surface area contributed by atoms with E-state index in [9.17, 15) is 9.00 Å². The molecule has 2 aromatic rings. The second-order valence-electron chi connectivity index (χ2n) is 6.99. The Morgan fingerprint density at radius 1 is 1.24 bits per heavy atom. The quantitative estimate of drug-likeness (QED) is 0.389. The van der Waals surface area contributed by atoms with Crippen LogP contribution in [0.1, 0.15) is 43.0 Å². The molecule has 3 N–H and O–H groups in total. The van der Waals surface area contributed by atoms with Crippen molar-refractivity contribution in [2.75, 3.05) is 19.0 Å². The number of esters is 1. The Morgan fingerprint density at radius 2 is 1.97 bits per heavy atom. The van der Waals surface area contributed by atoms with Gasteiger partial charge in [0.15, 0.2) is 5.75 Å². The van der Waals surface area contributed by atoms with Gasteiger partial charge in [-0.1, -0.05) is 31.5 Å². The molecule has 0 aromatic heterocycles. The fourth-order valence-electron chi connectivity index (χ4n) is 2.79. The zero-order chi connectivity index (χ0) is 20.9. The maximum atomic E-state index is 13.3. The van der Waals surface area contributed by atoms with Gasteiger partial charge in [-0.15, -0.1) is 0 Å². The first-order valence-corrected chi connectivity index (χ1v) is 11.3. The molecular weight excluding hydrogens is 390 g/mol. The van der Waals surface area contributed by atoms with Crippen LogP contribution in [0.5, 0.6) is 11.5 Å². The highest BCUT2D eigenvalue weighted by atomic mass is 32.2. The lowest BCUT2D eigenvalue weighted by Crippen LogP contribution is -2.25. The van der Waals surface area contributed by atoms with E-state index in [1.165, 1.54) is 13.2 Å². The second-order valence-corrected chi connectivity index (χ2v) is 8.77. The Hall–Kier alpha value is -2.58. The smallest absolute Gasteiger partial charge is 0.337 e. The largest absolute Gasteiger partial charge is 0.465 e. The number of methoxy groups -OCH3 is 1. The third-order valence-corrected chi connectivity index (χ3v) is 6.09. The van der Waals surface area contributed by atoms with Gasteiger partial charge < -0.3 is 14.8 Å². The van der Waals surface area contributed by atoms with Gasteiger partial charge in [0.1, 0.15) is 20.6 Å². The number of nitrogens with one attached hydrogen (secondary N) is 3. The predicted molar refractivity (Wildman–Crippen MR) is 113 cm³/mol. The number of unbranched alkanes of at least 4 members (excludes halogenated alkanes) is 1. The summed E-state index contributed by atoms with van der Waals surface area (Å²) in [5.41, 5.74) is 0.734. The van der Waals surface area contributed by atoms with E-state index in [2.05, 4.69) is 17.0 Å². The summed E-state index contributed by atoms with van der Waals surface area (Å²) in [5.74, 6) is 0.283. The fourth-order valence-corrected chi connectivity index (χ4v) is 4.33. The summed E-state index contributed by atoms with van der Waals surface area (Å²) >= 11 is 0. The van der Waals surface area contributed by atoms with Crippen molar-refractivity contribution < 1.29 is 18.5 Å². The van der Waals surface area contributed by atoms with Gasteiger partial charge in [0, 0.05) is 12.6 Å². The number of anilines is 1. The fraction of sp³-hybridized carbons (Fsp3) is 0.381. The predicted octanol–water partition coefficient (Wildman–Crippen LogP) is 4.55. The highest BCUT2D eigenvalue weighted by molar-refractivity contribution is 7.90. The average Bonchev–Trinajstić information content (AvgIpc) is 3.52. The van der Waals surface area contributed by atoms with Crippen molar-refractivity contribution in [3.05, 3.63) is 48.0 Å². The normalized spacial score (nSPS) is 15.4. The Bertz CT molecular complexity index is 957. The SMILES string of the molecule is CCCCNc1cc(C(=O)OC)cc(S(=N)(=O)NC2CC2)c1Oc1ccccc1. The van der Waals surface area contributed by atoms with Gasteiger partial charge in [0.05, 0.1) is 18.4 Å². The van der Waals surface area contributed by atoms with Crippen molar-refractivity contribution in [1.82, 2.24) is 4.72 Å². The van der Waals surface area contributed by atoms with Crippen molar-refractivity contribution >= 4 is 21.6 Å². The van der Waals surface area contributed by atoms with Crippen molar-refractivity contribution in [1.29, 1.82) is 4.78 Å². The van der Waals surface area contributed by atoms with Gasteiger partial charge in [0.2, 0.25) is 0 Å². The second kappa shape index (κ2) is 9.28. The molecule has 1 saturated carbocycles. The van der Waals surface area contributed by atoms with Gasteiger partial charge in [-0.2, -0.15) is 0 Å². The van der Waals surface area contributed by atoms with E-state index < -0.39 is 15.9 Å². The van der Waals surface area contributed by atoms with Crippen LogP contribution >= 0.6 is 0 Å². The van der Waals surface area contributed by atoms with E-state index in [1.807, 2.05) is 18.2 Å². The molecule has 0 radical (unpaired) electrons. The standard InChI is InChI=1S/C21H27N3O4S/c1-3-4-12-23-18-13-15(21(25)27-2)14-19(29(22,26)24-16-10-11-16)20(18)28-17-8-6-5-7-9-17/h5-9,13-14,16,23H,3-4,10-12H2,1-2H3,(H2,22,24,26). The van der Waals surface area contributed by atoms with Crippen LogP contribution in [0.2, 0.25) is 0 Å². The number of carbonyl (C=O) groups is 1. The van der Waals surface area contributed by atoms with Crippen molar-refractivity contribution in [3.63, 3.8) is 0 Å². The number of para-hydroxylation sites is 1. The molecule has 29 heavy (non-hydrogen) atoms. The number of ether oxygens (including phenoxy) is 2. The Morgan fingerprint density at radius 3 is 2.59 bits per heavy atom. The van der Waals surface area contributed by atoms with Crippen LogP contribution in [0.4, 0.5) is 5.69 Å². The lowest BCUT2D eigenvalue weighted by atomic mass is 10.1. The zero-order valence-corrected chi connectivity index (χ0v) is 17.5. The minimum absolute atomic E-state index is 0.0443. The highest BCUT2D eigenvalue weighted by Gasteiger charge is 2.30. The van der Waals surface area contributed by atoms with Gasteiger partial charge in [-0.25, -0.2) is 18.5 Å². The van der Waals surface area contributed by atoms with Crippen molar-refractivity contribution in [2.24, 2.45) is 0 Å². The number of hydrogen-bond donors (Lipinski definition) is 3. The van der Waals surface area contributed by atoms with Crippen LogP contribution in [0.3, 0.4) is 0 Å². The number of benzene rings is 2. The van der Waals surface area contributed by atoms with E-state index in [-0.39, 0.29) is 22.3 Å². The number of carbonyl (C=O) groups excluding carboxylic acids is 1. The number of rotatable bonds is 10. The summed E-state index contributed by atoms with van der Waals surface area (Å²) < 4.78 is 35.6. The van der Waals surface area contributed by atoms with Crippen molar-refractivity contribution in [2.45, 2.75) is 43.5 Å². The van der Waals surface area contributed by atoms with Crippen LogP contribution in [0, 0.1) is 4.78 Å². The Kier molecular flexibility index (Phi) is 6.76. The molecule has 156 valence electrons. The Labute approximate surface area is 171 Å². The van der Waals surface area contributed by atoms with Gasteiger partial charge in [-0.3, -0.25) is 0 Å². The molecule has 0 amide bonds. The first-order chi connectivity index (χ1) is 13.9. The lowest BCUT2D eigenvalue weighted by Gasteiger charge is -2.20. The molecule has 0 bridgehead atoms.